The van der Waals surface area contributed by atoms with Crippen LogP contribution in [0.4, 0.5) is 0 Å². The van der Waals surface area contributed by atoms with Gasteiger partial charge < -0.3 is 33.8 Å². The lowest BCUT2D eigenvalue weighted by Gasteiger charge is -2.21. The molecule has 6 atom stereocenters. The van der Waals surface area contributed by atoms with Crippen molar-refractivity contribution in [2.45, 2.75) is 484 Å². The van der Waals surface area contributed by atoms with E-state index in [0.29, 0.717) is 25.7 Å². The third-order valence-electron chi connectivity index (χ3n) is 20.8. The lowest BCUT2D eigenvalue weighted by Crippen LogP contribution is -2.30. The molecule has 0 heterocycles. The van der Waals surface area contributed by atoms with Crippen molar-refractivity contribution in [1.29, 1.82) is 0 Å². The van der Waals surface area contributed by atoms with Gasteiger partial charge in [-0.25, -0.2) is 9.13 Å². The van der Waals surface area contributed by atoms with E-state index < -0.39 is 97.5 Å². The van der Waals surface area contributed by atoms with Crippen LogP contribution in [0.2, 0.25) is 0 Å². The highest BCUT2D eigenvalue weighted by Crippen LogP contribution is 2.45. The molecule has 0 rings (SSSR count). The van der Waals surface area contributed by atoms with Crippen molar-refractivity contribution in [2.24, 2.45) is 11.8 Å². The predicted molar refractivity (Wildman–Crippen MR) is 437 cm³/mol. The van der Waals surface area contributed by atoms with E-state index in [-0.39, 0.29) is 25.7 Å². The van der Waals surface area contributed by atoms with Gasteiger partial charge >= 0.3 is 39.5 Å². The average Bonchev–Trinajstić information content (AvgIpc) is 0.901. The molecule has 0 aromatic carbocycles. The van der Waals surface area contributed by atoms with Gasteiger partial charge in [0.25, 0.3) is 0 Å². The number of aliphatic hydroxyl groups excluding tert-OH is 1. The molecule has 0 aromatic heterocycles. The SMILES string of the molecule is CCCCCCCCCCCCCCCCCCCCCCCC(=O)O[C@H](COC(=O)CCCCCCCCCCCCCCCCCCCC)COP(=O)(O)OC[C@@H](O)COP(=O)(O)OC[C@@H](COC(=O)CCCCCCCCC(C)CC)OC(=O)CCCCCCCCCCCCCCCCC(C)C. The molecular weight excluding hydrogens is 1380 g/mol. The van der Waals surface area contributed by atoms with E-state index in [0.717, 1.165) is 108 Å². The molecule has 0 saturated carbocycles. The molecule has 0 radical (unpaired) electrons. The third kappa shape index (κ3) is 78.7. The van der Waals surface area contributed by atoms with E-state index in [1.54, 1.807) is 0 Å². The number of unbranched alkanes of at least 4 members (excludes halogenated alkanes) is 55. The number of hydrogen-bond donors (Lipinski definition) is 3. The zero-order valence-electron chi connectivity index (χ0n) is 69.7. The quantitative estimate of drug-likeness (QED) is 0.0222. The summed E-state index contributed by atoms with van der Waals surface area (Å²) in [5.74, 6) is -0.577. The van der Waals surface area contributed by atoms with Gasteiger partial charge in [-0.05, 0) is 37.5 Å². The Morgan fingerprint density at radius 3 is 0.717 bits per heavy atom. The smallest absolute Gasteiger partial charge is 0.462 e. The summed E-state index contributed by atoms with van der Waals surface area (Å²) in [6.07, 6.45) is 70.9. The second kappa shape index (κ2) is 78.3. The van der Waals surface area contributed by atoms with Gasteiger partial charge in [0.15, 0.2) is 12.2 Å². The Balaban J connectivity index is 5.23. The number of phosphoric ester groups is 2. The summed E-state index contributed by atoms with van der Waals surface area (Å²) in [4.78, 5) is 73.2. The van der Waals surface area contributed by atoms with Crippen LogP contribution in [0.1, 0.15) is 465 Å². The normalized spacial score (nSPS) is 14.1. The summed E-state index contributed by atoms with van der Waals surface area (Å²) in [7, 11) is -9.93. The van der Waals surface area contributed by atoms with Crippen LogP contribution in [0, 0.1) is 11.8 Å². The van der Waals surface area contributed by atoms with Gasteiger partial charge in [-0.15, -0.1) is 0 Å². The number of ether oxygens (including phenoxy) is 4. The molecule has 0 spiro atoms. The molecule has 19 heteroatoms. The Kier molecular flexibility index (Phi) is 76.9. The first-order chi connectivity index (χ1) is 51.4. The van der Waals surface area contributed by atoms with E-state index in [1.165, 1.54) is 276 Å². The number of carbonyl (C=O) groups excluding carboxylic acids is 4. The second-order valence-electron chi connectivity index (χ2n) is 32.0. The first-order valence-corrected chi connectivity index (χ1v) is 48.0. The van der Waals surface area contributed by atoms with Gasteiger partial charge in [-0.1, -0.05) is 414 Å². The van der Waals surface area contributed by atoms with Crippen LogP contribution >= 0.6 is 15.6 Å². The van der Waals surface area contributed by atoms with Gasteiger partial charge in [0.05, 0.1) is 26.4 Å². The maximum Gasteiger partial charge on any atom is 0.472 e. The minimum absolute atomic E-state index is 0.107. The van der Waals surface area contributed by atoms with Gasteiger partial charge in [0.2, 0.25) is 0 Å². The fourth-order valence-corrected chi connectivity index (χ4v) is 15.1. The highest BCUT2D eigenvalue weighted by atomic mass is 31.2. The molecular formula is C87H170O17P2. The molecule has 0 aliphatic rings. The fourth-order valence-electron chi connectivity index (χ4n) is 13.6. The summed E-state index contributed by atoms with van der Waals surface area (Å²) in [6, 6.07) is 0. The van der Waals surface area contributed by atoms with Crippen LogP contribution in [0.5, 0.6) is 0 Å². The van der Waals surface area contributed by atoms with Crippen LogP contribution in [-0.4, -0.2) is 96.7 Å². The van der Waals surface area contributed by atoms with Crippen molar-refractivity contribution >= 4 is 39.5 Å². The molecule has 0 amide bonds. The van der Waals surface area contributed by atoms with Crippen LogP contribution in [0.15, 0.2) is 0 Å². The fraction of sp³-hybridized carbons (Fsp3) is 0.954. The zero-order valence-corrected chi connectivity index (χ0v) is 71.5. The number of esters is 4. The Bertz CT molecular complexity index is 2030. The van der Waals surface area contributed by atoms with Crippen LogP contribution in [-0.2, 0) is 65.4 Å². The molecule has 0 bridgehead atoms. The van der Waals surface area contributed by atoms with Crippen molar-refractivity contribution in [3.63, 3.8) is 0 Å². The molecule has 17 nitrogen and oxygen atoms in total. The maximum atomic E-state index is 13.2. The minimum Gasteiger partial charge on any atom is -0.462 e. The number of carbonyl (C=O) groups is 4. The molecule has 3 N–H and O–H groups in total. The molecule has 106 heavy (non-hydrogen) atoms. The molecule has 630 valence electrons. The van der Waals surface area contributed by atoms with E-state index in [1.807, 2.05) is 0 Å². The van der Waals surface area contributed by atoms with E-state index in [2.05, 4.69) is 41.5 Å². The lowest BCUT2D eigenvalue weighted by atomic mass is 10.00. The standard InChI is InChI=1S/C87H170O17P2/c1-7-10-12-14-16-18-20-22-24-26-28-29-30-32-34-39-43-47-51-59-65-71-86(91)103-82(75-97-84(89)69-63-57-50-46-42-38-33-31-27-25-23-21-19-17-15-13-11-8-2)77-101-105(93,94)99-73-81(88)74-100-106(95,96)102-78-83(76-98-85(90)70-64-58-54-53-56-62-68-80(6)9-3)104-87(92)72-66-60-52-48-44-40-36-35-37-41-45-49-55-61-67-79(4)5/h79-83,88H,7-78H2,1-6H3,(H,93,94)(H,95,96)/t80?,81-,82-,83-/m1/s1. The minimum atomic E-state index is -4.97. The van der Waals surface area contributed by atoms with E-state index in [9.17, 15) is 43.2 Å². The number of rotatable bonds is 86. The van der Waals surface area contributed by atoms with Gasteiger partial charge in [0.1, 0.15) is 19.3 Å². The monoisotopic (exact) mass is 1550 g/mol. The summed E-state index contributed by atoms with van der Waals surface area (Å²) >= 11 is 0. The highest BCUT2D eigenvalue weighted by Gasteiger charge is 2.30. The first kappa shape index (κ1) is 104. The summed E-state index contributed by atoms with van der Waals surface area (Å²) in [6.45, 7) is 9.66. The largest absolute Gasteiger partial charge is 0.472 e. The Hall–Kier alpha value is -1.94. The maximum absolute atomic E-state index is 13.2. The third-order valence-corrected chi connectivity index (χ3v) is 22.7. The van der Waals surface area contributed by atoms with Gasteiger partial charge in [-0.2, -0.15) is 0 Å². The Morgan fingerprint density at radius 1 is 0.274 bits per heavy atom. The summed E-state index contributed by atoms with van der Waals surface area (Å²) in [5.41, 5.74) is 0. The van der Waals surface area contributed by atoms with Crippen molar-refractivity contribution < 1.29 is 80.2 Å². The Morgan fingerprint density at radius 2 is 0.481 bits per heavy atom. The topological polar surface area (TPSA) is 237 Å². The molecule has 0 aromatic rings. The molecule has 0 saturated heterocycles. The Labute approximate surface area is 651 Å². The lowest BCUT2D eigenvalue weighted by molar-refractivity contribution is -0.161. The van der Waals surface area contributed by atoms with Crippen molar-refractivity contribution in [2.75, 3.05) is 39.6 Å². The average molecular weight is 1550 g/mol. The zero-order chi connectivity index (χ0) is 77.8. The molecule has 0 fully saturated rings. The molecule has 3 unspecified atom stereocenters. The highest BCUT2D eigenvalue weighted by molar-refractivity contribution is 7.47. The summed E-state index contributed by atoms with van der Waals surface area (Å²) in [5, 5.41) is 10.7. The number of aliphatic hydroxyl groups is 1. The first-order valence-electron chi connectivity index (χ1n) is 45.0. The molecule has 0 aliphatic carbocycles. The molecule has 0 aliphatic heterocycles. The van der Waals surface area contributed by atoms with Crippen molar-refractivity contribution in [1.82, 2.24) is 0 Å². The van der Waals surface area contributed by atoms with Crippen LogP contribution in [0.25, 0.3) is 0 Å². The number of phosphoric acid groups is 2. The van der Waals surface area contributed by atoms with Crippen molar-refractivity contribution in [3.8, 4) is 0 Å². The van der Waals surface area contributed by atoms with E-state index in [4.69, 9.17) is 37.0 Å². The van der Waals surface area contributed by atoms with Crippen LogP contribution < -0.4 is 0 Å². The second-order valence-corrected chi connectivity index (χ2v) is 34.9. The van der Waals surface area contributed by atoms with Crippen LogP contribution in [0.3, 0.4) is 0 Å². The number of hydrogen-bond acceptors (Lipinski definition) is 15. The van der Waals surface area contributed by atoms with Crippen molar-refractivity contribution in [3.05, 3.63) is 0 Å². The predicted octanol–water partition coefficient (Wildman–Crippen LogP) is 26.6. The van der Waals surface area contributed by atoms with E-state index >= 15 is 0 Å². The summed E-state index contributed by atoms with van der Waals surface area (Å²) < 4.78 is 68.9. The van der Waals surface area contributed by atoms with Gasteiger partial charge in [-0.3, -0.25) is 37.3 Å². The van der Waals surface area contributed by atoms with Gasteiger partial charge in [0, 0.05) is 25.7 Å².